The van der Waals surface area contributed by atoms with E-state index in [4.69, 9.17) is 0 Å². The largest absolute Gasteiger partial charge is 0.247 e. The van der Waals surface area contributed by atoms with Crippen molar-refractivity contribution in [3.8, 4) is 0 Å². The Balaban J connectivity index is 1.60. The molecule has 0 bridgehead atoms. The molecule has 0 heterocycles. The van der Waals surface area contributed by atoms with Crippen molar-refractivity contribution in [3.05, 3.63) is 35.4 Å². The van der Waals surface area contributed by atoms with Gasteiger partial charge < -0.3 is 0 Å². The molecule has 1 heteroatoms. The number of hydrogen-bond donors (Lipinski definition) is 0. The smallest absolute Gasteiger partial charge is 0.107 e. The highest BCUT2D eigenvalue weighted by Gasteiger charge is 2.36. The number of alkyl halides is 1. The molecule has 2 saturated carbocycles. The highest BCUT2D eigenvalue weighted by molar-refractivity contribution is 5.26. The Morgan fingerprint density at radius 1 is 0.857 bits per heavy atom. The van der Waals surface area contributed by atoms with Crippen molar-refractivity contribution in [2.45, 2.75) is 70.9 Å². The van der Waals surface area contributed by atoms with Crippen LogP contribution >= 0.6 is 0 Å². The van der Waals surface area contributed by atoms with Crippen LogP contribution < -0.4 is 0 Å². The van der Waals surface area contributed by atoms with Gasteiger partial charge in [0.15, 0.2) is 0 Å². The lowest BCUT2D eigenvalue weighted by atomic mass is 9.68. The van der Waals surface area contributed by atoms with Gasteiger partial charge in [-0.25, -0.2) is 4.39 Å². The quantitative estimate of drug-likeness (QED) is 0.622. The minimum absolute atomic E-state index is 0.143. The predicted molar refractivity (Wildman–Crippen MR) is 87.3 cm³/mol. The van der Waals surface area contributed by atoms with Crippen LogP contribution in [-0.2, 0) is 0 Å². The molecule has 0 spiro atoms. The fourth-order valence-electron chi connectivity index (χ4n) is 4.52. The van der Waals surface area contributed by atoms with Gasteiger partial charge in [-0.15, -0.1) is 0 Å². The SMILES string of the molecule is Cc1ccc(C2CCC(C3CCC(C)CC3)CC2F)cc1. The van der Waals surface area contributed by atoms with Crippen molar-refractivity contribution < 1.29 is 4.39 Å². The van der Waals surface area contributed by atoms with Crippen LogP contribution in [0.25, 0.3) is 0 Å². The predicted octanol–water partition coefficient (Wildman–Crippen LogP) is 6.04. The molecule has 3 rings (SSSR count). The highest BCUT2D eigenvalue weighted by atomic mass is 19.1. The summed E-state index contributed by atoms with van der Waals surface area (Å²) in [5.74, 6) is 2.49. The first kappa shape index (κ1) is 15.1. The Labute approximate surface area is 129 Å². The second kappa shape index (κ2) is 6.50. The molecule has 0 nitrogen and oxygen atoms in total. The van der Waals surface area contributed by atoms with Gasteiger partial charge in [0.2, 0.25) is 0 Å². The summed E-state index contributed by atoms with van der Waals surface area (Å²) < 4.78 is 14.7. The first-order chi connectivity index (χ1) is 10.1. The minimum atomic E-state index is -0.634. The van der Waals surface area contributed by atoms with Gasteiger partial charge in [-0.05, 0) is 62.3 Å². The van der Waals surface area contributed by atoms with Crippen LogP contribution in [0.1, 0.15) is 68.9 Å². The maximum absolute atomic E-state index is 14.7. The van der Waals surface area contributed by atoms with E-state index in [1.807, 2.05) is 0 Å². The zero-order valence-electron chi connectivity index (χ0n) is 13.5. The molecule has 3 atom stereocenters. The Morgan fingerprint density at radius 2 is 1.48 bits per heavy atom. The van der Waals surface area contributed by atoms with Gasteiger partial charge in [-0.3, -0.25) is 0 Å². The summed E-state index contributed by atoms with van der Waals surface area (Å²) in [4.78, 5) is 0. The molecular weight excluding hydrogens is 259 g/mol. The zero-order chi connectivity index (χ0) is 14.8. The van der Waals surface area contributed by atoms with E-state index in [-0.39, 0.29) is 5.92 Å². The van der Waals surface area contributed by atoms with E-state index in [1.165, 1.54) is 43.2 Å². The van der Waals surface area contributed by atoms with Crippen LogP contribution in [-0.4, -0.2) is 6.17 Å². The van der Waals surface area contributed by atoms with E-state index >= 15 is 0 Å². The van der Waals surface area contributed by atoms with Gasteiger partial charge in [0.1, 0.15) is 6.17 Å². The second-order valence-electron chi connectivity index (χ2n) is 7.63. The maximum atomic E-state index is 14.7. The lowest BCUT2D eigenvalue weighted by Crippen LogP contribution is -2.30. The summed E-state index contributed by atoms with van der Waals surface area (Å²) in [5, 5.41) is 0. The summed E-state index contributed by atoms with van der Waals surface area (Å²) in [7, 11) is 0. The van der Waals surface area contributed by atoms with Crippen molar-refractivity contribution in [2.24, 2.45) is 17.8 Å². The molecule has 3 unspecified atom stereocenters. The van der Waals surface area contributed by atoms with E-state index in [0.29, 0.717) is 5.92 Å². The van der Waals surface area contributed by atoms with Crippen molar-refractivity contribution in [1.29, 1.82) is 0 Å². The molecule has 2 fully saturated rings. The van der Waals surface area contributed by atoms with E-state index in [1.54, 1.807) is 0 Å². The molecule has 1 aromatic carbocycles. The summed E-state index contributed by atoms with van der Waals surface area (Å²) in [6, 6.07) is 8.51. The molecule has 0 aromatic heterocycles. The highest BCUT2D eigenvalue weighted by Crippen LogP contribution is 2.44. The van der Waals surface area contributed by atoms with Crippen molar-refractivity contribution >= 4 is 0 Å². The molecule has 2 aliphatic rings. The Morgan fingerprint density at radius 3 is 2.10 bits per heavy atom. The first-order valence-electron chi connectivity index (χ1n) is 8.84. The number of benzene rings is 1. The number of hydrogen-bond acceptors (Lipinski definition) is 0. The fourth-order valence-corrected chi connectivity index (χ4v) is 4.52. The third-order valence-electron chi connectivity index (χ3n) is 6.05. The molecule has 1 aromatic rings. The van der Waals surface area contributed by atoms with Gasteiger partial charge in [-0.2, -0.15) is 0 Å². The summed E-state index contributed by atoms with van der Waals surface area (Å²) in [6.45, 7) is 4.46. The zero-order valence-corrected chi connectivity index (χ0v) is 13.5. The van der Waals surface area contributed by atoms with E-state index < -0.39 is 6.17 Å². The maximum Gasteiger partial charge on any atom is 0.107 e. The lowest BCUT2D eigenvalue weighted by molar-refractivity contribution is 0.105. The summed E-state index contributed by atoms with van der Waals surface area (Å²) >= 11 is 0. The number of halogens is 1. The van der Waals surface area contributed by atoms with Crippen LogP contribution in [0.3, 0.4) is 0 Å². The van der Waals surface area contributed by atoms with Crippen LogP contribution in [0.5, 0.6) is 0 Å². The van der Waals surface area contributed by atoms with Crippen LogP contribution in [0.2, 0.25) is 0 Å². The first-order valence-corrected chi connectivity index (χ1v) is 8.84. The molecule has 0 radical (unpaired) electrons. The summed E-state index contributed by atoms with van der Waals surface area (Å²) in [5.41, 5.74) is 2.47. The van der Waals surface area contributed by atoms with E-state index in [2.05, 4.69) is 38.1 Å². The van der Waals surface area contributed by atoms with E-state index in [0.717, 1.165) is 24.7 Å². The number of rotatable bonds is 2. The average molecular weight is 288 g/mol. The summed E-state index contributed by atoms with van der Waals surface area (Å²) in [6.07, 6.45) is 7.85. The second-order valence-corrected chi connectivity index (χ2v) is 7.63. The molecule has 116 valence electrons. The van der Waals surface area contributed by atoms with Gasteiger partial charge in [-0.1, -0.05) is 49.6 Å². The monoisotopic (exact) mass is 288 g/mol. The Kier molecular flexibility index (Phi) is 4.66. The van der Waals surface area contributed by atoms with Crippen LogP contribution in [0.4, 0.5) is 4.39 Å². The fraction of sp³-hybridized carbons (Fsp3) is 0.700. The van der Waals surface area contributed by atoms with Gasteiger partial charge >= 0.3 is 0 Å². The van der Waals surface area contributed by atoms with Crippen molar-refractivity contribution in [1.82, 2.24) is 0 Å². The topological polar surface area (TPSA) is 0 Å². The number of aryl methyl sites for hydroxylation is 1. The van der Waals surface area contributed by atoms with Gasteiger partial charge in [0.05, 0.1) is 0 Å². The molecule has 2 aliphatic carbocycles. The van der Waals surface area contributed by atoms with Gasteiger partial charge in [0, 0.05) is 5.92 Å². The third kappa shape index (κ3) is 3.49. The Bertz CT molecular complexity index is 441. The molecule has 0 amide bonds. The lowest BCUT2D eigenvalue weighted by Gasteiger charge is -2.39. The minimum Gasteiger partial charge on any atom is -0.247 e. The van der Waals surface area contributed by atoms with Crippen molar-refractivity contribution in [2.75, 3.05) is 0 Å². The third-order valence-corrected chi connectivity index (χ3v) is 6.05. The Hall–Kier alpha value is -0.850. The molecular formula is C20H29F. The van der Waals surface area contributed by atoms with Crippen LogP contribution in [0.15, 0.2) is 24.3 Å². The van der Waals surface area contributed by atoms with E-state index in [9.17, 15) is 4.39 Å². The molecule has 0 N–H and O–H groups in total. The van der Waals surface area contributed by atoms with Crippen LogP contribution in [0, 0.1) is 24.7 Å². The standard InChI is InChI=1S/C20H29F/c1-14-3-7-16(8-4-14)18-11-12-19(20(21)13-18)17-9-5-15(2)6-10-17/h5-6,9-10,14,16,18-20H,3-4,7-8,11-13H2,1-2H3. The average Bonchev–Trinajstić information content (AvgIpc) is 2.49. The normalized spacial score (nSPS) is 37.4. The molecule has 0 aliphatic heterocycles. The van der Waals surface area contributed by atoms with Crippen molar-refractivity contribution in [3.63, 3.8) is 0 Å². The van der Waals surface area contributed by atoms with Gasteiger partial charge in [0.25, 0.3) is 0 Å². The molecule has 0 saturated heterocycles. The molecule has 21 heavy (non-hydrogen) atoms.